The third-order valence-corrected chi connectivity index (χ3v) is 3.09. The summed E-state index contributed by atoms with van der Waals surface area (Å²) < 4.78 is 0. The largest absolute Gasteiger partial charge is 0.354 e. The normalized spacial score (nSPS) is 26.7. The summed E-state index contributed by atoms with van der Waals surface area (Å²) in [5.74, 6) is 1.43. The van der Waals surface area contributed by atoms with Gasteiger partial charge in [-0.25, -0.2) is 0 Å². The molecule has 1 amide bonds. The minimum absolute atomic E-state index is 0.0439. The van der Waals surface area contributed by atoms with Gasteiger partial charge in [0.2, 0.25) is 5.91 Å². The van der Waals surface area contributed by atoms with Gasteiger partial charge < -0.3 is 10.6 Å². The number of nitrogens with one attached hydrogen (secondary N) is 2. The maximum absolute atomic E-state index is 11.8. The molecule has 2 unspecified atom stereocenters. The van der Waals surface area contributed by atoms with Crippen molar-refractivity contribution in [2.45, 2.75) is 46.1 Å². The van der Waals surface area contributed by atoms with E-state index in [-0.39, 0.29) is 11.9 Å². The molecule has 1 heterocycles. The lowest BCUT2D eigenvalue weighted by molar-refractivity contribution is -0.124. The Bertz CT molecular complexity index is 204. The highest BCUT2D eigenvalue weighted by Crippen LogP contribution is 2.19. The third kappa shape index (κ3) is 4.20. The van der Waals surface area contributed by atoms with E-state index < -0.39 is 0 Å². The summed E-state index contributed by atoms with van der Waals surface area (Å²) in [6.07, 6.45) is 3.40. The van der Waals surface area contributed by atoms with Gasteiger partial charge in [-0.2, -0.15) is 0 Å². The molecule has 0 aromatic carbocycles. The van der Waals surface area contributed by atoms with Crippen LogP contribution >= 0.6 is 0 Å². The first-order chi connectivity index (χ1) is 7.13. The Labute approximate surface area is 93.0 Å². The third-order valence-electron chi connectivity index (χ3n) is 3.09. The molecule has 0 aromatic heterocycles. The van der Waals surface area contributed by atoms with Crippen LogP contribution in [0.1, 0.15) is 40.0 Å². The van der Waals surface area contributed by atoms with Crippen molar-refractivity contribution in [2.75, 3.05) is 13.1 Å². The first-order valence-electron chi connectivity index (χ1n) is 6.14. The molecule has 3 heteroatoms. The van der Waals surface area contributed by atoms with Gasteiger partial charge in [0, 0.05) is 6.54 Å². The Morgan fingerprint density at radius 2 is 2.27 bits per heavy atom. The van der Waals surface area contributed by atoms with E-state index in [0.717, 1.165) is 25.4 Å². The van der Waals surface area contributed by atoms with Gasteiger partial charge in [-0.3, -0.25) is 4.79 Å². The first-order valence-corrected chi connectivity index (χ1v) is 6.14. The average molecular weight is 212 g/mol. The van der Waals surface area contributed by atoms with Crippen LogP contribution in [0.4, 0.5) is 0 Å². The summed E-state index contributed by atoms with van der Waals surface area (Å²) in [4.78, 5) is 11.8. The number of carbonyl (C=O) groups excluding carboxylic acids is 1. The zero-order valence-corrected chi connectivity index (χ0v) is 10.2. The number of hydrogen-bond donors (Lipinski definition) is 2. The van der Waals surface area contributed by atoms with Gasteiger partial charge in [0.15, 0.2) is 0 Å². The van der Waals surface area contributed by atoms with Crippen LogP contribution in [0, 0.1) is 11.8 Å². The lowest BCUT2D eigenvalue weighted by Gasteiger charge is -2.29. The van der Waals surface area contributed by atoms with Gasteiger partial charge in [-0.1, -0.05) is 27.2 Å². The molecule has 3 nitrogen and oxygen atoms in total. The van der Waals surface area contributed by atoms with Crippen molar-refractivity contribution in [3.8, 4) is 0 Å². The molecule has 2 N–H and O–H groups in total. The van der Waals surface area contributed by atoms with E-state index in [1.807, 2.05) is 0 Å². The molecule has 0 radical (unpaired) electrons. The molecule has 1 rings (SSSR count). The Balaban J connectivity index is 2.32. The number of amides is 1. The van der Waals surface area contributed by atoms with Crippen LogP contribution in [0.2, 0.25) is 0 Å². The molecule has 0 saturated carbocycles. The first kappa shape index (κ1) is 12.5. The Morgan fingerprint density at radius 3 is 2.87 bits per heavy atom. The average Bonchev–Trinajstić information content (AvgIpc) is 2.26. The van der Waals surface area contributed by atoms with Gasteiger partial charge in [-0.15, -0.1) is 0 Å². The van der Waals surface area contributed by atoms with Crippen molar-refractivity contribution >= 4 is 5.91 Å². The molecule has 1 saturated heterocycles. The molecular weight excluding hydrogens is 188 g/mol. The Kier molecular flexibility index (Phi) is 5.09. The van der Waals surface area contributed by atoms with Gasteiger partial charge in [0.1, 0.15) is 0 Å². The van der Waals surface area contributed by atoms with E-state index in [4.69, 9.17) is 0 Å². The molecule has 88 valence electrons. The van der Waals surface area contributed by atoms with E-state index in [1.165, 1.54) is 12.8 Å². The molecule has 0 bridgehead atoms. The Morgan fingerprint density at radius 1 is 1.53 bits per heavy atom. The quantitative estimate of drug-likeness (QED) is 0.742. The fraction of sp³-hybridized carbons (Fsp3) is 0.917. The number of rotatable bonds is 4. The number of carbonyl (C=O) groups is 1. The number of hydrogen-bond acceptors (Lipinski definition) is 2. The van der Waals surface area contributed by atoms with Gasteiger partial charge >= 0.3 is 0 Å². The molecule has 0 aliphatic carbocycles. The van der Waals surface area contributed by atoms with Crippen molar-refractivity contribution in [1.29, 1.82) is 0 Å². The molecule has 0 spiro atoms. The van der Waals surface area contributed by atoms with Crippen LogP contribution in [0.3, 0.4) is 0 Å². The molecular formula is C12H24N2O. The minimum atomic E-state index is 0.0439. The van der Waals surface area contributed by atoms with Gasteiger partial charge in [0.05, 0.1) is 6.04 Å². The summed E-state index contributed by atoms with van der Waals surface area (Å²) >= 11 is 0. The van der Waals surface area contributed by atoms with E-state index in [1.54, 1.807) is 0 Å². The predicted molar refractivity (Wildman–Crippen MR) is 62.7 cm³/mol. The second-order valence-electron chi connectivity index (χ2n) is 4.94. The molecule has 1 aliphatic heterocycles. The zero-order chi connectivity index (χ0) is 11.3. The lowest BCUT2D eigenvalue weighted by atomic mass is 9.90. The van der Waals surface area contributed by atoms with Crippen LogP contribution in [0.5, 0.6) is 0 Å². The number of piperidine rings is 1. The van der Waals surface area contributed by atoms with Crippen LogP contribution in [0.15, 0.2) is 0 Å². The summed E-state index contributed by atoms with van der Waals surface area (Å²) in [5.41, 5.74) is 0. The van der Waals surface area contributed by atoms with Crippen LogP contribution in [-0.4, -0.2) is 25.0 Å². The van der Waals surface area contributed by atoms with Gasteiger partial charge in [-0.05, 0) is 31.2 Å². The van der Waals surface area contributed by atoms with E-state index in [9.17, 15) is 4.79 Å². The second kappa shape index (κ2) is 6.11. The summed E-state index contributed by atoms with van der Waals surface area (Å²) in [7, 11) is 0. The Hall–Kier alpha value is -0.570. The van der Waals surface area contributed by atoms with E-state index in [0.29, 0.717) is 5.92 Å². The smallest absolute Gasteiger partial charge is 0.237 e. The fourth-order valence-electron chi connectivity index (χ4n) is 1.99. The monoisotopic (exact) mass is 212 g/mol. The van der Waals surface area contributed by atoms with Crippen molar-refractivity contribution in [3.05, 3.63) is 0 Å². The van der Waals surface area contributed by atoms with Crippen molar-refractivity contribution in [1.82, 2.24) is 10.6 Å². The molecule has 2 atom stereocenters. The second-order valence-corrected chi connectivity index (χ2v) is 4.94. The van der Waals surface area contributed by atoms with E-state index in [2.05, 4.69) is 31.4 Å². The SMILES string of the molecule is CCC1CCNC(C(=O)NCC(C)C)C1. The topological polar surface area (TPSA) is 41.1 Å². The van der Waals surface area contributed by atoms with Crippen molar-refractivity contribution in [3.63, 3.8) is 0 Å². The minimum Gasteiger partial charge on any atom is -0.354 e. The summed E-state index contributed by atoms with van der Waals surface area (Å²) in [5, 5.41) is 6.29. The van der Waals surface area contributed by atoms with Crippen molar-refractivity contribution < 1.29 is 4.79 Å². The summed E-state index contributed by atoms with van der Waals surface area (Å²) in [6, 6.07) is 0.0439. The highest BCUT2D eigenvalue weighted by atomic mass is 16.2. The van der Waals surface area contributed by atoms with E-state index >= 15 is 0 Å². The molecule has 15 heavy (non-hydrogen) atoms. The standard InChI is InChI=1S/C12H24N2O/c1-4-10-5-6-13-11(7-10)12(15)14-8-9(2)3/h9-11,13H,4-8H2,1-3H3,(H,14,15). The molecule has 1 fully saturated rings. The molecule has 1 aliphatic rings. The zero-order valence-electron chi connectivity index (χ0n) is 10.2. The van der Waals surface area contributed by atoms with Crippen LogP contribution in [-0.2, 0) is 4.79 Å². The lowest BCUT2D eigenvalue weighted by Crippen LogP contribution is -2.49. The van der Waals surface area contributed by atoms with Crippen LogP contribution in [0.25, 0.3) is 0 Å². The maximum atomic E-state index is 11.8. The highest BCUT2D eigenvalue weighted by Gasteiger charge is 2.25. The highest BCUT2D eigenvalue weighted by molar-refractivity contribution is 5.81. The maximum Gasteiger partial charge on any atom is 0.237 e. The van der Waals surface area contributed by atoms with Crippen LogP contribution < -0.4 is 10.6 Å². The van der Waals surface area contributed by atoms with Gasteiger partial charge in [0.25, 0.3) is 0 Å². The van der Waals surface area contributed by atoms with Crippen molar-refractivity contribution in [2.24, 2.45) is 11.8 Å². The molecule has 0 aromatic rings. The fourth-order valence-corrected chi connectivity index (χ4v) is 1.99. The predicted octanol–water partition coefficient (Wildman–Crippen LogP) is 1.54. The summed E-state index contributed by atoms with van der Waals surface area (Å²) in [6.45, 7) is 8.21.